The molecule has 1 aromatic rings. The summed E-state index contributed by atoms with van der Waals surface area (Å²) >= 11 is 0. The molecule has 0 unspecified atom stereocenters. The third-order valence-corrected chi connectivity index (χ3v) is 5.76. The maximum atomic E-state index is 12.9. The molecule has 2 fully saturated rings. The first-order valence-corrected chi connectivity index (χ1v) is 9.69. The van der Waals surface area contributed by atoms with E-state index >= 15 is 0 Å². The van der Waals surface area contributed by atoms with Crippen molar-refractivity contribution in [3.63, 3.8) is 0 Å². The molecule has 0 radical (unpaired) electrons. The zero-order valence-electron chi connectivity index (χ0n) is 15.6. The van der Waals surface area contributed by atoms with Crippen molar-refractivity contribution in [3.8, 4) is 0 Å². The molecule has 1 amide bonds. The standard InChI is InChI=1S/C19H32N4O2/c1-15-17(13-22(2)21-15)11-20-14-19(25)9-6-10-23(18(19)24)12-16-7-4-3-5-8-16/h13,16,20,25H,3-12,14H2,1-2H3/t19-/m1/s1. The summed E-state index contributed by atoms with van der Waals surface area (Å²) in [4.78, 5) is 14.8. The summed E-state index contributed by atoms with van der Waals surface area (Å²) in [5.74, 6) is 0.533. The molecule has 3 rings (SSSR count). The lowest BCUT2D eigenvalue weighted by Crippen LogP contribution is -2.58. The molecular formula is C19H32N4O2. The van der Waals surface area contributed by atoms with E-state index in [4.69, 9.17) is 0 Å². The van der Waals surface area contributed by atoms with Gasteiger partial charge in [-0.05, 0) is 38.5 Å². The Kier molecular flexibility index (Phi) is 5.79. The first-order chi connectivity index (χ1) is 12.0. The van der Waals surface area contributed by atoms with Crippen molar-refractivity contribution in [2.24, 2.45) is 13.0 Å². The van der Waals surface area contributed by atoms with Gasteiger partial charge in [-0.25, -0.2) is 0 Å². The molecule has 1 saturated heterocycles. The highest BCUT2D eigenvalue weighted by Crippen LogP contribution is 2.28. The molecule has 6 heteroatoms. The Labute approximate surface area is 150 Å². The third-order valence-electron chi connectivity index (χ3n) is 5.76. The number of rotatable bonds is 6. The number of nitrogens with one attached hydrogen (secondary N) is 1. The molecule has 6 nitrogen and oxygen atoms in total. The minimum Gasteiger partial charge on any atom is -0.379 e. The van der Waals surface area contributed by atoms with E-state index in [1.165, 1.54) is 32.1 Å². The highest BCUT2D eigenvalue weighted by molar-refractivity contribution is 5.86. The minimum atomic E-state index is -1.26. The van der Waals surface area contributed by atoms with Crippen LogP contribution < -0.4 is 5.32 Å². The highest BCUT2D eigenvalue weighted by Gasteiger charge is 2.42. The summed E-state index contributed by atoms with van der Waals surface area (Å²) in [6.45, 7) is 4.52. The Balaban J connectivity index is 1.54. The minimum absolute atomic E-state index is 0.0836. The normalized spacial score (nSPS) is 25.6. The van der Waals surface area contributed by atoms with Crippen LogP contribution in [0.3, 0.4) is 0 Å². The second-order valence-electron chi connectivity index (χ2n) is 7.91. The molecule has 1 aliphatic carbocycles. The SMILES string of the molecule is Cc1nn(C)cc1CNC[C@]1(O)CCCN(CC2CCCCC2)C1=O. The lowest BCUT2D eigenvalue weighted by Gasteiger charge is -2.40. The maximum Gasteiger partial charge on any atom is 0.255 e. The van der Waals surface area contributed by atoms with E-state index in [9.17, 15) is 9.90 Å². The van der Waals surface area contributed by atoms with Crippen molar-refractivity contribution in [1.82, 2.24) is 20.0 Å². The number of amides is 1. The lowest BCUT2D eigenvalue weighted by atomic mass is 9.86. The molecule has 0 bridgehead atoms. The predicted molar refractivity (Wildman–Crippen MR) is 97.0 cm³/mol. The van der Waals surface area contributed by atoms with Crippen LogP contribution in [0.5, 0.6) is 0 Å². The average molecular weight is 348 g/mol. The summed E-state index contributed by atoms with van der Waals surface area (Å²) < 4.78 is 1.79. The van der Waals surface area contributed by atoms with Crippen molar-refractivity contribution in [3.05, 3.63) is 17.5 Å². The highest BCUT2D eigenvalue weighted by atomic mass is 16.3. The number of aryl methyl sites for hydroxylation is 2. The fourth-order valence-corrected chi connectivity index (χ4v) is 4.31. The van der Waals surface area contributed by atoms with Gasteiger partial charge in [-0.3, -0.25) is 9.48 Å². The Hall–Kier alpha value is -1.40. The Morgan fingerprint density at radius 3 is 2.76 bits per heavy atom. The van der Waals surface area contributed by atoms with Crippen LogP contribution in [0.25, 0.3) is 0 Å². The van der Waals surface area contributed by atoms with Gasteiger partial charge in [-0.2, -0.15) is 5.10 Å². The van der Waals surface area contributed by atoms with Crippen LogP contribution in [-0.2, 0) is 18.4 Å². The molecular weight excluding hydrogens is 316 g/mol. The molecule has 2 heterocycles. The third kappa shape index (κ3) is 4.42. The molecule has 1 atom stereocenters. The number of nitrogens with zero attached hydrogens (tertiary/aromatic N) is 3. The van der Waals surface area contributed by atoms with Gasteiger partial charge in [-0.15, -0.1) is 0 Å². The van der Waals surface area contributed by atoms with Crippen molar-refractivity contribution in [1.29, 1.82) is 0 Å². The first kappa shape index (κ1) is 18.4. The number of hydrogen-bond acceptors (Lipinski definition) is 4. The number of aromatic nitrogens is 2. The summed E-state index contributed by atoms with van der Waals surface area (Å²) in [7, 11) is 1.90. The maximum absolute atomic E-state index is 12.9. The Morgan fingerprint density at radius 1 is 1.32 bits per heavy atom. The number of hydrogen-bond donors (Lipinski definition) is 2. The van der Waals surface area contributed by atoms with Gasteiger partial charge in [-0.1, -0.05) is 19.3 Å². The van der Waals surface area contributed by atoms with Gasteiger partial charge in [0.2, 0.25) is 0 Å². The molecule has 1 aliphatic heterocycles. The van der Waals surface area contributed by atoms with Crippen LogP contribution in [0.1, 0.15) is 56.2 Å². The first-order valence-electron chi connectivity index (χ1n) is 9.69. The van der Waals surface area contributed by atoms with Gasteiger partial charge >= 0.3 is 0 Å². The molecule has 140 valence electrons. The van der Waals surface area contributed by atoms with Gasteiger partial charge in [0.25, 0.3) is 5.91 Å². The van der Waals surface area contributed by atoms with Gasteiger partial charge in [0, 0.05) is 45.0 Å². The second kappa shape index (κ2) is 7.87. The van der Waals surface area contributed by atoms with E-state index in [-0.39, 0.29) is 5.91 Å². The smallest absolute Gasteiger partial charge is 0.255 e. The summed E-state index contributed by atoms with van der Waals surface area (Å²) in [6.07, 6.45) is 9.73. The summed E-state index contributed by atoms with van der Waals surface area (Å²) in [6, 6.07) is 0. The van der Waals surface area contributed by atoms with Crippen LogP contribution in [0.4, 0.5) is 0 Å². The van der Waals surface area contributed by atoms with E-state index in [1.54, 1.807) is 4.68 Å². The molecule has 1 aromatic heterocycles. The van der Waals surface area contributed by atoms with Crippen molar-refractivity contribution in [2.75, 3.05) is 19.6 Å². The average Bonchev–Trinajstić information content (AvgIpc) is 2.91. The van der Waals surface area contributed by atoms with Gasteiger partial charge in [0.1, 0.15) is 0 Å². The van der Waals surface area contributed by atoms with Gasteiger partial charge in [0.15, 0.2) is 5.60 Å². The van der Waals surface area contributed by atoms with E-state index in [2.05, 4.69) is 10.4 Å². The number of piperidine rings is 1. The van der Waals surface area contributed by atoms with Crippen LogP contribution in [0, 0.1) is 12.8 Å². The number of likely N-dealkylation sites (tertiary alicyclic amines) is 1. The van der Waals surface area contributed by atoms with Crippen molar-refractivity contribution in [2.45, 2.75) is 64.0 Å². The van der Waals surface area contributed by atoms with Crippen LogP contribution in [-0.4, -0.2) is 50.9 Å². The van der Waals surface area contributed by atoms with Crippen molar-refractivity contribution >= 4 is 5.91 Å². The molecule has 2 N–H and O–H groups in total. The molecule has 1 saturated carbocycles. The van der Waals surface area contributed by atoms with E-state index < -0.39 is 5.60 Å². The summed E-state index contributed by atoms with van der Waals surface area (Å²) in [5, 5.41) is 18.5. The van der Waals surface area contributed by atoms with Crippen LogP contribution >= 0.6 is 0 Å². The van der Waals surface area contributed by atoms with E-state index in [0.29, 0.717) is 25.4 Å². The number of carbonyl (C=O) groups excluding carboxylic acids is 1. The predicted octanol–water partition coefficient (Wildman–Crippen LogP) is 1.75. The molecule has 25 heavy (non-hydrogen) atoms. The second-order valence-corrected chi connectivity index (χ2v) is 7.91. The van der Waals surface area contributed by atoms with Gasteiger partial charge in [0.05, 0.1) is 5.69 Å². The Morgan fingerprint density at radius 2 is 2.08 bits per heavy atom. The summed E-state index contributed by atoms with van der Waals surface area (Å²) in [5.41, 5.74) is 0.826. The monoisotopic (exact) mass is 348 g/mol. The van der Waals surface area contributed by atoms with Crippen molar-refractivity contribution < 1.29 is 9.90 Å². The van der Waals surface area contributed by atoms with Crippen LogP contribution in [0.15, 0.2) is 6.20 Å². The largest absolute Gasteiger partial charge is 0.379 e. The van der Waals surface area contributed by atoms with E-state index in [1.807, 2.05) is 25.1 Å². The van der Waals surface area contributed by atoms with E-state index in [0.717, 1.165) is 30.8 Å². The Bertz CT molecular complexity index is 594. The fraction of sp³-hybridized carbons (Fsp3) is 0.789. The lowest BCUT2D eigenvalue weighted by molar-refractivity contribution is -0.157. The number of aliphatic hydroxyl groups is 1. The molecule has 2 aliphatic rings. The van der Waals surface area contributed by atoms with Crippen LogP contribution in [0.2, 0.25) is 0 Å². The number of carbonyl (C=O) groups is 1. The molecule has 0 aromatic carbocycles. The van der Waals surface area contributed by atoms with Gasteiger partial charge < -0.3 is 15.3 Å². The molecule has 0 spiro atoms. The zero-order chi connectivity index (χ0) is 17.9. The quantitative estimate of drug-likeness (QED) is 0.822. The fourth-order valence-electron chi connectivity index (χ4n) is 4.31. The zero-order valence-corrected chi connectivity index (χ0v) is 15.6. The topological polar surface area (TPSA) is 70.4 Å².